The summed E-state index contributed by atoms with van der Waals surface area (Å²) in [7, 11) is 4.03. The van der Waals surface area contributed by atoms with Crippen LogP contribution in [0.25, 0.3) is 11.2 Å². The van der Waals surface area contributed by atoms with Crippen LogP contribution in [0.1, 0.15) is 12.1 Å². The van der Waals surface area contributed by atoms with E-state index in [1.165, 1.54) is 6.33 Å². The Morgan fingerprint density at radius 1 is 1.39 bits per heavy atom. The number of aromatic nitrogens is 4. The lowest BCUT2D eigenvalue weighted by Gasteiger charge is -2.12. The average molecular weight is 247 g/mol. The second-order valence-electron chi connectivity index (χ2n) is 4.54. The Labute approximate surface area is 105 Å². The fourth-order valence-electron chi connectivity index (χ4n) is 1.88. The van der Waals surface area contributed by atoms with Crippen molar-refractivity contribution in [1.29, 1.82) is 0 Å². The van der Waals surface area contributed by atoms with Crippen LogP contribution in [0.3, 0.4) is 0 Å². The first-order valence-corrected chi connectivity index (χ1v) is 5.91. The summed E-state index contributed by atoms with van der Waals surface area (Å²) in [5, 5.41) is 0. The predicted molar refractivity (Wildman–Crippen MR) is 69.5 cm³/mol. The minimum Gasteiger partial charge on any atom is -0.309 e. The first-order chi connectivity index (χ1) is 8.59. The summed E-state index contributed by atoms with van der Waals surface area (Å²) in [6, 6.07) is 0. The van der Waals surface area contributed by atoms with Gasteiger partial charge in [0.1, 0.15) is 17.5 Å². The molecular formula is C12H17N5O. The van der Waals surface area contributed by atoms with Gasteiger partial charge in [0.25, 0.3) is 5.56 Å². The molecule has 6 heteroatoms. The molecule has 0 atom stereocenters. The van der Waals surface area contributed by atoms with E-state index in [1.807, 2.05) is 14.1 Å². The first kappa shape index (κ1) is 12.6. The van der Waals surface area contributed by atoms with Crippen molar-refractivity contribution in [3.8, 4) is 0 Å². The Hall–Kier alpha value is -1.82. The number of aryl methyl sites for hydroxylation is 2. The Morgan fingerprint density at radius 2 is 2.17 bits per heavy atom. The van der Waals surface area contributed by atoms with Crippen LogP contribution in [-0.4, -0.2) is 45.1 Å². The van der Waals surface area contributed by atoms with Crippen molar-refractivity contribution >= 4 is 11.2 Å². The van der Waals surface area contributed by atoms with Crippen LogP contribution in [0.4, 0.5) is 0 Å². The molecule has 2 rings (SSSR count). The lowest BCUT2D eigenvalue weighted by molar-refractivity contribution is 0.386. The quantitative estimate of drug-likeness (QED) is 0.784. The van der Waals surface area contributed by atoms with Gasteiger partial charge in [0, 0.05) is 6.54 Å². The average Bonchev–Trinajstić information content (AvgIpc) is 2.33. The van der Waals surface area contributed by atoms with Gasteiger partial charge in [-0.3, -0.25) is 9.36 Å². The van der Waals surface area contributed by atoms with E-state index >= 15 is 0 Å². The summed E-state index contributed by atoms with van der Waals surface area (Å²) >= 11 is 0. The minimum atomic E-state index is -0.0695. The van der Waals surface area contributed by atoms with Crippen molar-refractivity contribution in [3.63, 3.8) is 0 Å². The number of rotatable bonds is 4. The lowest BCUT2D eigenvalue weighted by atomic mass is 10.3. The molecule has 2 heterocycles. The number of nitrogens with zero attached hydrogens (tertiary/aromatic N) is 5. The topological polar surface area (TPSA) is 63.9 Å². The van der Waals surface area contributed by atoms with Gasteiger partial charge < -0.3 is 4.90 Å². The summed E-state index contributed by atoms with van der Waals surface area (Å²) < 4.78 is 1.68. The van der Waals surface area contributed by atoms with Crippen molar-refractivity contribution < 1.29 is 0 Å². The van der Waals surface area contributed by atoms with Crippen molar-refractivity contribution in [2.24, 2.45) is 0 Å². The molecule has 0 bridgehead atoms. The highest BCUT2D eigenvalue weighted by Gasteiger charge is 2.08. The van der Waals surface area contributed by atoms with Crippen LogP contribution in [0.15, 0.2) is 17.3 Å². The molecule has 2 aromatic rings. The van der Waals surface area contributed by atoms with E-state index < -0.39 is 0 Å². The SMILES string of the molecule is Cc1nc2cncnc2n(CCCN(C)C)c1=O. The zero-order valence-corrected chi connectivity index (χ0v) is 10.9. The molecule has 0 N–H and O–H groups in total. The fourth-order valence-corrected chi connectivity index (χ4v) is 1.88. The normalized spacial score (nSPS) is 11.3. The molecule has 6 nitrogen and oxygen atoms in total. The predicted octanol–water partition coefficient (Wildman–Crippen LogP) is 0.447. The maximum atomic E-state index is 12.1. The third-order valence-electron chi connectivity index (χ3n) is 2.76. The van der Waals surface area contributed by atoms with Gasteiger partial charge in [-0.1, -0.05) is 0 Å². The van der Waals surface area contributed by atoms with E-state index in [1.54, 1.807) is 17.7 Å². The molecule has 2 aromatic heterocycles. The Bertz CT molecular complexity index is 605. The molecule has 18 heavy (non-hydrogen) atoms. The maximum Gasteiger partial charge on any atom is 0.273 e. The number of hydrogen-bond donors (Lipinski definition) is 0. The highest BCUT2D eigenvalue weighted by Crippen LogP contribution is 2.05. The number of hydrogen-bond acceptors (Lipinski definition) is 5. The van der Waals surface area contributed by atoms with E-state index in [9.17, 15) is 4.79 Å². The maximum absolute atomic E-state index is 12.1. The third kappa shape index (κ3) is 2.53. The van der Waals surface area contributed by atoms with E-state index in [2.05, 4.69) is 19.9 Å². The van der Waals surface area contributed by atoms with Gasteiger partial charge in [-0.25, -0.2) is 15.0 Å². The fraction of sp³-hybridized carbons (Fsp3) is 0.500. The van der Waals surface area contributed by atoms with Crippen LogP contribution >= 0.6 is 0 Å². The smallest absolute Gasteiger partial charge is 0.273 e. The van der Waals surface area contributed by atoms with Gasteiger partial charge in [0.05, 0.1) is 6.20 Å². The van der Waals surface area contributed by atoms with E-state index in [4.69, 9.17) is 0 Å². The molecular weight excluding hydrogens is 230 g/mol. The molecule has 0 unspecified atom stereocenters. The molecule has 96 valence electrons. The van der Waals surface area contributed by atoms with Crippen molar-refractivity contribution in [2.75, 3.05) is 20.6 Å². The van der Waals surface area contributed by atoms with Crippen molar-refractivity contribution in [2.45, 2.75) is 19.9 Å². The largest absolute Gasteiger partial charge is 0.309 e. The zero-order valence-electron chi connectivity index (χ0n) is 10.9. The monoisotopic (exact) mass is 247 g/mol. The highest BCUT2D eigenvalue weighted by atomic mass is 16.1. The van der Waals surface area contributed by atoms with Crippen LogP contribution in [0, 0.1) is 6.92 Å². The first-order valence-electron chi connectivity index (χ1n) is 5.91. The Kier molecular flexibility index (Phi) is 3.66. The molecule has 0 aliphatic rings. The number of fused-ring (bicyclic) bond motifs is 1. The molecule has 0 amide bonds. The molecule has 0 spiro atoms. The molecule has 0 radical (unpaired) electrons. The van der Waals surface area contributed by atoms with Crippen LogP contribution in [0.5, 0.6) is 0 Å². The molecule has 0 saturated heterocycles. The second-order valence-corrected chi connectivity index (χ2v) is 4.54. The molecule has 0 aromatic carbocycles. The highest BCUT2D eigenvalue weighted by molar-refractivity contribution is 5.68. The van der Waals surface area contributed by atoms with Gasteiger partial charge in [-0.15, -0.1) is 0 Å². The van der Waals surface area contributed by atoms with Crippen LogP contribution < -0.4 is 5.56 Å². The van der Waals surface area contributed by atoms with Crippen molar-refractivity contribution in [3.05, 3.63) is 28.6 Å². The Morgan fingerprint density at radius 3 is 2.89 bits per heavy atom. The van der Waals surface area contributed by atoms with E-state index in [0.717, 1.165) is 13.0 Å². The van der Waals surface area contributed by atoms with E-state index in [0.29, 0.717) is 23.4 Å². The van der Waals surface area contributed by atoms with Crippen molar-refractivity contribution in [1.82, 2.24) is 24.4 Å². The van der Waals surface area contributed by atoms with Gasteiger partial charge in [0.15, 0.2) is 5.65 Å². The summed E-state index contributed by atoms with van der Waals surface area (Å²) in [6.07, 6.45) is 3.98. The van der Waals surface area contributed by atoms with Gasteiger partial charge in [-0.2, -0.15) is 0 Å². The lowest BCUT2D eigenvalue weighted by Crippen LogP contribution is -2.26. The molecule has 0 fully saturated rings. The summed E-state index contributed by atoms with van der Waals surface area (Å²) in [5.74, 6) is 0. The van der Waals surface area contributed by atoms with E-state index in [-0.39, 0.29) is 5.56 Å². The second kappa shape index (κ2) is 5.22. The minimum absolute atomic E-state index is 0.0695. The van der Waals surface area contributed by atoms with Gasteiger partial charge in [-0.05, 0) is 34.0 Å². The summed E-state index contributed by atoms with van der Waals surface area (Å²) in [6.45, 7) is 3.30. The van der Waals surface area contributed by atoms with Crippen LogP contribution in [0.2, 0.25) is 0 Å². The molecule has 0 saturated carbocycles. The third-order valence-corrected chi connectivity index (χ3v) is 2.76. The standard InChI is InChI=1S/C12H17N5O/c1-9-12(18)17(6-4-5-16(2)3)11-10(15-9)7-13-8-14-11/h7-8H,4-6H2,1-3H3. The Balaban J connectivity index is 2.41. The van der Waals surface area contributed by atoms with Gasteiger partial charge >= 0.3 is 0 Å². The summed E-state index contributed by atoms with van der Waals surface area (Å²) in [5.41, 5.74) is 1.70. The molecule has 0 aliphatic heterocycles. The van der Waals surface area contributed by atoms with Crippen LogP contribution in [-0.2, 0) is 6.54 Å². The molecule has 0 aliphatic carbocycles. The summed E-state index contributed by atoms with van der Waals surface area (Å²) in [4.78, 5) is 26.5. The van der Waals surface area contributed by atoms with Gasteiger partial charge in [0.2, 0.25) is 0 Å². The zero-order chi connectivity index (χ0) is 13.1.